The van der Waals surface area contributed by atoms with Gasteiger partial charge in [0.05, 0.1) is 7.11 Å². The summed E-state index contributed by atoms with van der Waals surface area (Å²) < 4.78 is 10.8. The van der Waals surface area contributed by atoms with Gasteiger partial charge in [-0.25, -0.2) is 0 Å². The lowest BCUT2D eigenvalue weighted by Crippen LogP contribution is -2.35. The molecule has 0 unspecified atom stereocenters. The Morgan fingerprint density at radius 1 is 1.04 bits per heavy atom. The Morgan fingerprint density at radius 3 is 2.22 bits per heavy atom. The second-order valence-electron chi connectivity index (χ2n) is 5.65. The minimum atomic E-state index is -0.547. The summed E-state index contributed by atoms with van der Waals surface area (Å²) in [5.41, 5.74) is 3.24. The van der Waals surface area contributed by atoms with Gasteiger partial charge in [0, 0.05) is 6.54 Å². The van der Waals surface area contributed by atoms with Gasteiger partial charge >= 0.3 is 0 Å². The van der Waals surface area contributed by atoms with Crippen LogP contribution in [0.1, 0.15) is 23.6 Å². The smallest absolute Gasteiger partial charge is 0.261 e. The highest BCUT2D eigenvalue weighted by atomic mass is 16.5. The predicted octanol–water partition coefficient (Wildman–Crippen LogP) is 3.40. The Morgan fingerprint density at radius 2 is 1.65 bits per heavy atom. The number of carbonyl (C=O) groups excluding carboxylic acids is 1. The average molecular weight is 313 g/mol. The van der Waals surface area contributed by atoms with Crippen molar-refractivity contribution in [2.45, 2.75) is 33.4 Å². The topological polar surface area (TPSA) is 47.6 Å². The molecule has 2 rings (SSSR count). The number of amides is 1. The maximum Gasteiger partial charge on any atom is 0.261 e. The van der Waals surface area contributed by atoms with Gasteiger partial charge in [-0.1, -0.05) is 18.2 Å². The number of hydrogen-bond acceptors (Lipinski definition) is 3. The van der Waals surface area contributed by atoms with Gasteiger partial charge in [-0.05, 0) is 61.7 Å². The van der Waals surface area contributed by atoms with Crippen LogP contribution in [-0.2, 0) is 11.3 Å². The van der Waals surface area contributed by atoms with Crippen molar-refractivity contribution in [2.75, 3.05) is 7.11 Å². The third-order valence-electron chi connectivity index (χ3n) is 3.50. The standard InChI is InChI=1S/C19H23NO3/c1-13-9-14(2)11-18(10-13)23-15(3)19(21)20-12-16-5-7-17(22-4)8-6-16/h5-11,15H,12H2,1-4H3,(H,20,21)/t15-/m1/s1. The molecule has 0 aliphatic heterocycles. The fourth-order valence-corrected chi connectivity index (χ4v) is 2.33. The largest absolute Gasteiger partial charge is 0.497 e. The molecule has 0 aromatic heterocycles. The number of nitrogens with one attached hydrogen (secondary N) is 1. The molecule has 0 heterocycles. The van der Waals surface area contributed by atoms with Gasteiger partial charge in [0.1, 0.15) is 11.5 Å². The zero-order chi connectivity index (χ0) is 16.8. The van der Waals surface area contributed by atoms with Crippen LogP contribution in [0.5, 0.6) is 11.5 Å². The molecule has 1 atom stereocenters. The number of rotatable bonds is 6. The predicted molar refractivity (Wildman–Crippen MR) is 90.8 cm³/mol. The number of hydrogen-bond donors (Lipinski definition) is 1. The van der Waals surface area contributed by atoms with Gasteiger partial charge in [-0.2, -0.15) is 0 Å². The third-order valence-corrected chi connectivity index (χ3v) is 3.50. The SMILES string of the molecule is COc1ccc(CNC(=O)[C@@H](C)Oc2cc(C)cc(C)c2)cc1. The van der Waals surface area contributed by atoms with Crippen LogP contribution in [0.4, 0.5) is 0 Å². The molecule has 1 N–H and O–H groups in total. The van der Waals surface area contributed by atoms with Gasteiger partial charge in [-0.15, -0.1) is 0 Å². The maximum atomic E-state index is 12.2. The van der Waals surface area contributed by atoms with E-state index in [4.69, 9.17) is 9.47 Å². The van der Waals surface area contributed by atoms with E-state index in [0.29, 0.717) is 6.54 Å². The molecule has 23 heavy (non-hydrogen) atoms. The van der Waals surface area contributed by atoms with E-state index in [0.717, 1.165) is 28.2 Å². The Kier molecular flexibility index (Phi) is 5.63. The van der Waals surface area contributed by atoms with Crippen molar-refractivity contribution in [1.29, 1.82) is 0 Å². The van der Waals surface area contributed by atoms with Gasteiger partial charge < -0.3 is 14.8 Å². The molecule has 0 spiro atoms. The van der Waals surface area contributed by atoms with E-state index in [1.807, 2.05) is 50.2 Å². The first-order valence-electron chi connectivity index (χ1n) is 7.63. The molecular formula is C19H23NO3. The Bertz CT molecular complexity index is 645. The molecular weight excluding hydrogens is 290 g/mol. The molecule has 0 saturated carbocycles. The van der Waals surface area contributed by atoms with Crippen LogP contribution < -0.4 is 14.8 Å². The quantitative estimate of drug-likeness (QED) is 0.889. The first-order chi connectivity index (χ1) is 11.0. The minimum absolute atomic E-state index is 0.139. The molecule has 0 bridgehead atoms. The molecule has 4 nitrogen and oxygen atoms in total. The van der Waals surface area contributed by atoms with Crippen LogP contribution in [0.3, 0.4) is 0 Å². The number of aryl methyl sites for hydroxylation is 2. The van der Waals surface area contributed by atoms with Crippen LogP contribution in [0, 0.1) is 13.8 Å². The lowest BCUT2D eigenvalue weighted by molar-refractivity contribution is -0.127. The van der Waals surface area contributed by atoms with Crippen molar-refractivity contribution < 1.29 is 14.3 Å². The molecule has 4 heteroatoms. The first-order valence-corrected chi connectivity index (χ1v) is 7.63. The normalized spacial score (nSPS) is 11.7. The van der Waals surface area contributed by atoms with Crippen molar-refractivity contribution in [3.05, 3.63) is 59.2 Å². The molecule has 0 aliphatic carbocycles. The van der Waals surface area contributed by atoms with Gasteiger partial charge in [0.15, 0.2) is 6.10 Å². The molecule has 1 amide bonds. The highest BCUT2D eigenvalue weighted by Gasteiger charge is 2.14. The zero-order valence-electron chi connectivity index (χ0n) is 14.1. The Hall–Kier alpha value is -2.49. The lowest BCUT2D eigenvalue weighted by Gasteiger charge is -2.15. The summed E-state index contributed by atoms with van der Waals surface area (Å²) >= 11 is 0. The van der Waals surface area contributed by atoms with Crippen molar-refractivity contribution in [2.24, 2.45) is 0 Å². The highest BCUT2D eigenvalue weighted by Crippen LogP contribution is 2.17. The van der Waals surface area contributed by atoms with Gasteiger partial charge in [0.2, 0.25) is 0 Å². The summed E-state index contributed by atoms with van der Waals surface area (Å²) in [5.74, 6) is 1.38. The summed E-state index contributed by atoms with van der Waals surface area (Å²) in [5, 5.41) is 2.88. The highest BCUT2D eigenvalue weighted by molar-refractivity contribution is 5.80. The monoisotopic (exact) mass is 313 g/mol. The van der Waals surface area contributed by atoms with E-state index >= 15 is 0 Å². The van der Waals surface area contributed by atoms with Crippen LogP contribution in [0.15, 0.2) is 42.5 Å². The lowest BCUT2D eigenvalue weighted by atomic mass is 10.1. The van der Waals surface area contributed by atoms with E-state index in [-0.39, 0.29) is 5.91 Å². The summed E-state index contributed by atoms with van der Waals surface area (Å²) in [7, 11) is 1.63. The molecule has 122 valence electrons. The average Bonchev–Trinajstić information content (AvgIpc) is 2.52. The number of ether oxygens (including phenoxy) is 2. The van der Waals surface area contributed by atoms with Crippen molar-refractivity contribution in [3.8, 4) is 11.5 Å². The minimum Gasteiger partial charge on any atom is -0.497 e. The molecule has 0 saturated heterocycles. The Labute approximate surface area is 137 Å². The van der Waals surface area contributed by atoms with Crippen molar-refractivity contribution >= 4 is 5.91 Å². The number of methoxy groups -OCH3 is 1. The second-order valence-corrected chi connectivity index (χ2v) is 5.65. The van der Waals surface area contributed by atoms with E-state index in [1.165, 1.54) is 0 Å². The van der Waals surface area contributed by atoms with Crippen LogP contribution >= 0.6 is 0 Å². The van der Waals surface area contributed by atoms with Crippen molar-refractivity contribution in [3.63, 3.8) is 0 Å². The Balaban J connectivity index is 1.89. The van der Waals surface area contributed by atoms with E-state index in [2.05, 4.69) is 11.4 Å². The fourth-order valence-electron chi connectivity index (χ4n) is 2.33. The fraction of sp³-hybridized carbons (Fsp3) is 0.316. The van der Waals surface area contributed by atoms with Gasteiger partial charge in [0.25, 0.3) is 5.91 Å². The summed E-state index contributed by atoms with van der Waals surface area (Å²) in [4.78, 5) is 12.2. The summed E-state index contributed by atoms with van der Waals surface area (Å²) in [6.45, 7) is 6.23. The second kappa shape index (κ2) is 7.68. The molecule has 2 aromatic rings. The maximum absolute atomic E-state index is 12.2. The van der Waals surface area contributed by atoms with Crippen molar-refractivity contribution in [1.82, 2.24) is 5.32 Å². The van der Waals surface area contributed by atoms with Crippen LogP contribution in [-0.4, -0.2) is 19.1 Å². The van der Waals surface area contributed by atoms with E-state index in [9.17, 15) is 4.79 Å². The summed E-state index contributed by atoms with van der Waals surface area (Å²) in [6, 6.07) is 13.5. The van der Waals surface area contributed by atoms with Crippen LogP contribution in [0.25, 0.3) is 0 Å². The molecule has 0 radical (unpaired) electrons. The number of benzene rings is 2. The first kappa shape index (κ1) is 16.9. The molecule has 0 aliphatic rings. The van der Waals surface area contributed by atoms with Gasteiger partial charge in [-0.3, -0.25) is 4.79 Å². The molecule has 0 fully saturated rings. The third kappa shape index (κ3) is 5.02. The van der Waals surface area contributed by atoms with Crippen LogP contribution in [0.2, 0.25) is 0 Å². The molecule has 2 aromatic carbocycles. The van der Waals surface area contributed by atoms with E-state index < -0.39 is 6.10 Å². The number of carbonyl (C=O) groups is 1. The zero-order valence-corrected chi connectivity index (χ0v) is 14.1. The van der Waals surface area contributed by atoms with E-state index in [1.54, 1.807) is 14.0 Å². The summed E-state index contributed by atoms with van der Waals surface area (Å²) in [6.07, 6.45) is -0.547.